The Labute approximate surface area is 595 Å². The van der Waals surface area contributed by atoms with E-state index in [0.717, 1.165) is 4.90 Å². The number of anilines is 1. The van der Waals surface area contributed by atoms with Gasteiger partial charge < -0.3 is 81.4 Å². The van der Waals surface area contributed by atoms with E-state index in [1.807, 2.05) is 27.7 Å². The van der Waals surface area contributed by atoms with Gasteiger partial charge in [-0.05, 0) is 135 Å². The minimum atomic E-state index is -2.15. The number of amides is 9. The van der Waals surface area contributed by atoms with Crippen molar-refractivity contribution in [1.82, 2.24) is 46.2 Å². The van der Waals surface area contributed by atoms with E-state index < -0.39 is 222 Å². The molecule has 6 saturated heterocycles. The average molecular weight is 1420 g/mol. The summed E-state index contributed by atoms with van der Waals surface area (Å²) < 4.78 is 12.0. The normalized spacial score (nSPS) is 33.0. The number of carbonyl (C=O) groups is 12. The van der Waals surface area contributed by atoms with Crippen LogP contribution in [0.15, 0.2) is 36.4 Å². The Hall–Kier alpha value is -8.08. The van der Waals surface area contributed by atoms with Gasteiger partial charge in [-0.25, -0.2) is 9.59 Å². The maximum atomic E-state index is 15.6. The third-order valence-electron chi connectivity index (χ3n) is 21.9. The van der Waals surface area contributed by atoms with E-state index in [2.05, 4.69) is 31.9 Å². The van der Waals surface area contributed by atoms with Gasteiger partial charge >= 0.3 is 11.9 Å². The summed E-state index contributed by atoms with van der Waals surface area (Å²) in [5.41, 5.74) is -1.92. The summed E-state index contributed by atoms with van der Waals surface area (Å²) in [6.07, 6.45) is -7.43. The summed E-state index contributed by atoms with van der Waals surface area (Å²) in [7, 11) is 0. The molecule has 18 atom stereocenters. The number of rotatable bonds is 11. The van der Waals surface area contributed by atoms with E-state index in [4.69, 9.17) is 9.47 Å². The third-order valence-corrected chi connectivity index (χ3v) is 21.9. The van der Waals surface area contributed by atoms with E-state index in [1.54, 1.807) is 91.8 Å². The van der Waals surface area contributed by atoms with Crippen molar-refractivity contribution in [3.63, 3.8) is 0 Å². The van der Waals surface area contributed by atoms with Crippen LogP contribution in [0.2, 0.25) is 0 Å². The van der Waals surface area contributed by atoms with Crippen LogP contribution in [0.3, 0.4) is 0 Å². The highest BCUT2D eigenvalue weighted by molar-refractivity contribution is 6.01. The molecule has 28 nitrogen and oxygen atoms in total. The van der Waals surface area contributed by atoms with E-state index in [-0.39, 0.29) is 62.6 Å². The summed E-state index contributed by atoms with van der Waals surface area (Å²) in [6.45, 7) is 23.5. The van der Waals surface area contributed by atoms with Gasteiger partial charge in [0.2, 0.25) is 41.4 Å². The molecule has 0 radical (unpaired) electrons. The first kappa shape index (κ1) is 76.6. The second-order valence-corrected chi connectivity index (χ2v) is 31.8. The van der Waals surface area contributed by atoms with Gasteiger partial charge in [0.15, 0.2) is 18.0 Å². The summed E-state index contributed by atoms with van der Waals surface area (Å²) in [5.74, 6) is -13.9. The van der Waals surface area contributed by atoms with Crippen LogP contribution in [-0.4, -0.2) is 215 Å². The number of carbonyl (C=O) groups excluding carboxylic acids is 12. The number of ether oxygens (including phenoxy) is 2. The predicted octanol–water partition coefficient (Wildman–Crippen LogP) is 1.92. The number of ketones is 1. The second kappa shape index (κ2) is 29.9. The number of hydrogen-bond donors (Lipinski definition) is 10. The lowest BCUT2D eigenvalue weighted by Crippen LogP contribution is -2.63. The molecule has 0 unspecified atom stereocenters. The highest BCUT2D eigenvalue weighted by Crippen LogP contribution is 2.53. The molecule has 28 heteroatoms. The molecular formula is C74H104N10O18. The molecule has 9 amide bonds. The first-order valence-electron chi connectivity index (χ1n) is 36.4. The van der Waals surface area contributed by atoms with Crippen LogP contribution < -0.4 is 31.9 Å². The topological polar surface area (TPSA) is 389 Å². The summed E-state index contributed by atoms with van der Waals surface area (Å²) in [5, 5.41) is 66.9. The highest BCUT2D eigenvalue weighted by atomic mass is 16.6. The first-order valence-corrected chi connectivity index (χ1v) is 36.4. The van der Waals surface area contributed by atoms with Crippen molar-refractivity contribution in [1.29, 1.82) is 0 Å². The minimum Gasteiger partial charge on any atom is -0.450 e. The van der Waals surface area contributed by atoms with Crippen molar-refractivity contribution < 1.29 is 87.4 Å². The number of nitrogens with one attached hydrogen (secondary N) is 6. The standard InChI is InChI=1S/C74H104N10O18/c1-33(2)25-48-54(87)30-44(39(13)85)66(93)83-52(64(91)78-56(35(5)6)70(97)101-59(37(9)10)68(95)81-23-15-17-50(81)62(89)75-48)31-73(99)45-27-41(19-20-43(45)29-55(73)83)42-21-22-47-46(28-42)74(100)32-53-65(92)79-57(36(7)8)71(98)102-60(38(11)12)69(96)82-24-16-18-51(82)63(90)76-49(26-34(3)4)61(88)80-58(40(14)86)67(94)84(53)72(74)77-47/h19-22,27-28,33-40,44,48-53,55-60,72,77,85-86,99-100H,15-18,23-26,29-32H2,1-14H3,(H,75,89)(H,76,90)(H,78,91)(H,79,92)(H,80,88)/t39-,40-,44+,48-,49-,50+,51+,52-,53-,55+,56+,57+,58+,59-,60-,72-,73+,74+/m0/s1. The van der Waals surface area contributed by atoms with Crippen molar-refractivity contribution in [2.45, 2.75) is 263 Å². The fourth-order valence-corrected chi connectivity index (χ4v) is 16.4. The van der Waals surface area contributed by atoms with Crippen LogP contribution in [-0.2, 0) is 84.6 Å². The van der Waals surface area contributed by atoms with Crippen LogP contribution in [0.25, 0.3) is 11.1 Å². The zero-order chi connectivity index (χ0) is 74.8. The van der Waals surface area contributed by atoms with E-state index in [0.29, 0.717) is 40.8 Å². The highest BCUT2D eigenvalue weighted by Gasteiger charge is 2.64. The van der Waals surface area contributed by atoms with Gasteiger partial charge in [-0.3, -0.25) is 47.9 Å². The molecule has 6 fully saturated rings. The predicted molar refractivity (Wildman–Crippen MR) is 369 cm³/mol. The molecule has 10 N–H and O–H groups in total. The monoisotopic (exact) mass is 1420 g/mol. The van der Waals surface area contributed by atoms with Gasteiger partial charge in [-0.1, -0.05) is 101 Å². The molecule has 7 aliphatic heterocycles. The smallest absolute Gasteiger partial charge is 0.329 e. The van der Waals surface area contributed by atoms with Gasteiger partial charge in [0.1, 0.15) is 65.7 Å². The number of benzene rings is 2. The quantitative estimate of drug-likeness (QED) is 0.144. The molecule has 1 aliphatic carbocycles. The molecule has 0 saturated carbocycles. The number of nitrogens with zero attached hydrogens (tertiary/aromatic N) is 4. The zero-order valence-electron chi connectivity index (χ0n) is 60.9. The van der Waals surface area contributed by atoms with Gasteiger partial charge in [0.25, 0.3) is 11.8 Å². The Morgan fingerprint density at radius 1 is 0.471 bits per heavy atom. The van der Waals surface area contributed by atoms with Crippen molar-refractivity contribution >= 4 is 76.6 Å². The maximum absolute atomic E-state index is 15.6. The molecule has 0 bridgehead atoms. The lowest BCUT2D eigenvalue weighted by molar-refractivity contribution is -0.167. The maximum Gasteiger partial charge on any atom is 0.329 e. The van der Waals surface area contributed by atoms with Crippen LogP contribution in [0, 0.1) is 41.4 Å². The molecule has 0 spiro atoms. The summed E-state index contributed by atoms with van der Waals surface area (Å²) in [6, 6.07) is -3.37. The van der Waals surface area contributed by atoms with Gasteiger partial charge in [0, 0.05) is 43.6 Å². The molecular weight excluding hydrogens is 1320 g/mol. The van der Waals surface area contributed by atoms with Crippen LogP contribution in [0.1, 0.15) is 171 Å². The van der Waals surface area contributed by atoms with Gasteiger partial charge in [-0.2, -0.15) is 0 Å². The van der Waals surface area contributed by atoms with Gasteiger partial charge in [-0.15, -0.1) is 0 Å². The summed E-state index contributed by atoms with van der Waals surface area (Å²) in [4.78, 5) is 182. The Kier molecular flexibility index (Phi) is 22.5. The molecule has 10 rings (SSSR count). The SMILES string of the molecule is CC(C)C[C@@H]1NC(=O)[C@H]2CCCN2C(=O)[C@H](C(C)C)OC(=O)[C@@H](C(C)C)NC(=O)[C@@H]2C[C@@]3(O)c4cc(-c5ccc6c(c5)[C@]5(O)C[C@H]7C(=O)N[C@H](C(C)C)C(=O)O[C@@H](C(C)C)C(=O)N8CCC[C@@H]8C(=O)N[C@@H](CC(C)C)C(=O)N[C@H]([C@H](C)O)C(=O)N7[C@@H]5N6)ccc4C[C@H]3N2C(=O)[C@@H]([C@H](C)O)CC1=O. The number of aliphatic hydroxyl groups excluding tert-OH is 2. The lowest BCUT2D eigenvalue weighted by Gasteiger charge is -2.36. The van der Waals surface area contributed by atoms with E-state index >= 15 is 19.2 Å². The Morgan fingerprint density at radius 2 is 0.931 bits per heavy atom. The Balaban J connectivity index is 1.01. The minimum absolute atomic E-state index is 0.0332. The molecule has 7 heterocycles. The molecule has 558 valence electrons. The van der Waals surface area contributed by atoms with Crippen molar-refractivity contribution in [2.75, 3.05) is 18.4 Å². The number of aliphatic hydroxyl groups is 4. The average Bonchev–Trinajstić information content (AvgIpc) is 1.55. The van der Waals surface area contributed by atoms with Crippen molar-refractivity contribution in [3.05, 3.63) is 53.1 Å². The van der Waals surface area contributed by atoms with Gasteiger partial charge in [0.05, 0.1) is 30.2 Å². The van der Waals surface area contributed by atoms with Crippen LogP contribution in [0.4, 0.5) is 5.69 Å². The fraction of sp³-hybridized carbons (Fsp3) is 0.676. The fourth-order valence-electron chi connectivity index (χ4n) is 16.4. The van der Waals surface area contributed by atoms with Crippen LogP contribution in [0.5, 0.6) is 0 Å². The molecule has 2 aromatic carbocycles. The third kappa shape index (κ3) is 14.6. The molecule has 102 heavy (non-hydrogen) atoms. The van der Waals surface area contributed by atoms with E-state index in [9.17, 15) is 58.8 Å². The molecule has 0 aromatic heterocycles. The number of hydrogen-bond acceptors (Lipinski definition) is 19. The molecule has 2 aromatic rings. The largest absolute Gasteiger partial charge is 0.450 e. The first-order chi connectivity index (χ1) is 47.9. The van der Waals surface area contributed by atoms with Crippen molar-refractivity contribution in [3.8, 4) is 11.1 Å². The number of Topliss-reactive ketones (excluding diaryl/α,β-unsaturated/α-hetero) is 1. The Bertz CT molecular complexity index is 3420. The van der Waals surface area contributed by atoms with Crippen molar-refractivity contribution in [2.24, 2.45) is 41.4 Å². The molecule has 8 aliphatic rings. The lowest BCUT2D eigenvalue weighted by atomic mass is 9.86. The summed E-state index contributed by atoms with van der Waals surface area (Å²) >= 11 is 0. The van der Waals surface area contributed by atoms with E-state index in [1.165, 1.54) is 28.5 Å². The number of fused-ring (bicyclic) bond motifs is 12. The number of cyclic esters (lactones) is 2. The van der Waals surface area contributed by atoms with Crippen LogP contribution >= 0.6 is 0 Å². The second-order valence-electron chi connectivity index (χ2n) is 31.8. The number of esters is 2. The Morgan fingerprint density at radius 3 is 1.42 bits per heavy atom. The zero-order valence-corrected chi connectivity index (χ0v) is 60.9.